The maximum Gasteiger partial charge on any atom is 0.553 e. The smallest absolute Gasteiger partial charge is 0.434 e. The van der Waals surface area contributed by atoms with Crippen molar-refractivity contribution in [2.75, 3.05) is 6.54 Å². The van der Waals surface area contributed by atoms with Gasteiger partial charge in [0, 0.05) is 67.4 Å². The molecule has 4 aromatic carbocycles. The molecule has 0 spiro atoms. The third kappa shape index (κ3) is 12.7. The Labute approximate surface area is 470 Å². The van der Waals surface area contributed by atoms with Crippen LogP contribution in [0.1, 0.15) is 57.2 Å². The molecule has 0 bridgehead atoms. The van der Waals surface area contributed by atoms with Crippen LogP contribution in [0.3, 0.4) is 0 Å². The van der Waals surface area contributed by atoms with Gasteiger partial charge in [0.1, 0.15) is 28.8 Å². The Morgan fingerprint density at radius 1 is 0.532 bits per heavy atom. The van der Waals surface area contributed by atoms with Crippen molar-refractivity contribution in [3.8, 4) is 98.4 Å². The third-order valence-corrected chi connectivity index (χ3v) is 11.6. The van der Waals surface area contributed by atoms with Crippen molar-refractivity contribution in [3.05, 3.63) is 183 Å². The minimum absolute atomic E-state index is 0.00753. The molecule has 79 heavy (non-hydrogen) atoms. The van der Waals surface area contributed by atoms with E-state index in [1.165, 1.54) is 24.3 Å². The molecule has 0 radical (unpaired) electrons. The van der Waals surface area contributed by atoms with Gasteiger partial charge < -0.3 is 22.5 Å². The number of aryl methyl sites for hydroxylation is 2. The van der Waals surface area contributed by atoms with Crippen LogP contribution in [0.15, 0.2) is 90.5 Å². The highest BCUT2D eigenvalue weighted by atomic mass is 127. The summed E-state index contributed by atoms with van der Waals surface area (Å²) in [4.78, 5) is 32.1. The van der Waals surface area contributed by atoms with Gasteiger partial charge >= 0.3 is 24.4 Å². The van der Waals surface area contributed by atoms with E-state index in [4.69, 9.17) is 55.8 Å². The molecule has 0 aliphatic rings. The summed E-state index contributed by atoms with van der Waals surface area (Å²) >= 11 is 3.70. The molecular weight excluding hydrogens is 1260 g/mol. The first-order chi connectivity index (χ1) is 37.6. The van der Waals surface area contributed by atoms with E-state index < -0.39 is 52.8 Å². The molecule has 0 N–H and O–H groups in total. The van der Waals surface area contributed by atoms with Crippen molar-refractivity contribution >= 4 is 56.6 Å². The fourth-order valence-corrected chi connectivity index (χ4v) is 8.02. The minimum Gasteiger partial charge on any atom is -0.434 e. The van der Waals surface area contributed by atoms with Crippen LogP contribution in [0, 0.1) is 111 Å². The number of aromatic nitrogens is 4. The van der Waals surface area contributed by atoms with Gasteiger partial charge in [0.15, 0.2) is 17.1 Å². The molecule has 0 aliphatic heterocycles. The molecule has 18 nitrogen and oxygen atoms in total. The number of hydrogen-bond donors (Lipinski definition) is 0. The van der Waals surface area contributed by atoms with Crippen molar-refractivity contribution < 1.29 is 44.0 Å². The zero-order chi connectivity index (χ0) is 57.9. The molecule has 384 valence electrons. The molecule has 4 heterocycles. The summed E-state index contributed by atoms with van der Waals surface area (Å²) in [6.45, 7) is 38.2. The number of nitrogens with zero attached hydrogens (tertiary/aromatic N) is 14. The van der Waals surface area contributed by atoms with Gasteiger partial charge in [-0.25, -0.2) is 54.0 Å². The number of halogens is 8. The highest BCUT2D eigenvalue weighted by molar-refractivity contribution is 14.1. The molecule has 0 aliphatic carbocycles. The molecule has 0 fully saturated rings. The van der Waals surface area contributed by atoms with E-state index in [1.807, 2.05) is 51.3 Å². The summed E-state index contributed by atoms with van der Waals surface area (Å²) in [5, 5.41) is 44.9. The van der Waals surface area contributed by atoms with Crippen LogP contribution in [-0.2, 0) is 12.4 Å². The second kappa shape index (κ2) is 24.6. The molecule has 0 saturated heterocycles. The Balaban J connectivity index is 0.000000239. The summed E-state index contributed by atoms with van der Waals surface area (Å²) in [5.74, 6) is -2.62. The third-order valence-electron chi connectivity index (χ3n) is 10.7. The number of hydrogen-bond acceptors (Lipinski definition) is 13. The van der Waals surface area contributed by atoms with Crippen LogP contribution in [0.25, 0.3) is 92.3 Å². The van der Waals surface area contributed by atoms with Crippen molar-refractivity contribution in [1.29, 1.82) is 26.3 Å². The maximum absolute atomic E-state index is 13.8. The molecule has 8 rings (SSSR count). The van der Waals surface area contributed by atoms with E-state index in [1.54, 1.807) is 56.3 Å². The van der Waals surface area contributed by atoms with Crippen molar-refractivity contribution in [2.24, 2.45) is 0 Å². The van der Waals surface area contributed by atoms with Gasteiger partial charge in [0.25, 0.3) is 14.3 Å². The first-order valence-electron chi connectivity index (χ1n) is 21.4. The molecule has 0 unspecified atom stereocenters. The Morgan fingerprint density at radius 2 is 0.899 bits per heavy atom. The first-order valence-corrected chi connectivity index (χ1v) is 23.6. The highest BCUT2D eigenvalue weighted by Crippen LogP contribution is 2.46. The fraction of sp³-hybridized carbons (Fsp3) is 0.132. The summed E-state index contributed by atoms with van der Waals surface area (Å²) in [6.07, 6.45) is -11.1. The average Bonchev–Trinajstić information content (AvgIpc) is 4.43. The largest absolute Gasteiger partial charge is 0.553 e. The van der Waals surface area contributed by atoms with E-state index in [0.717, 1.165) is 23.8 Å². The number of benzene rings is 4. The van der Waals surface area contributed by atoms with E-state index >= 15 is 0 Å². The van der Waals surface area contributed by atoms with Crippen LogP contribution >= 0.6 is 45.2 Å². The Bertz CT molecular complexity index is 4120. The quantitative estimate of drug-likeness (QED) is 0.0595. The second-order valence-corrected chi connectivity index (χ2v) is 17.4. The number of rotatable bonds is 8. The van der Waals surface area contributed by atoms with Gasteiger partial charge in [-0.1, -0.05) is 48.5 Å². The minimum atomic E-state index is -4.90. The van der Waals surface area contributed by atoms with Gasteiger partial charge in [-0.05, 0) is 49.2 Å². The number of alkyl halides is 6. The van der Waals surface area contributed by atoms with Crippen molar-refractivity contribution in [3.63, 3.8) is 0 Å². The van der Waals surface area contributed by atoms with Gasteiger partial charge in [-0.2, -0.15) is 57.6 Å². The van der Waals surface area contributed by atoms with Crippen LogP contribution < -0.4 is 0 Å². The summed E-state index contributed by atoms with van der Waals surface area (Å²) in [6, 6.07) is 25.0. The van der Waals surface area contributed by atoms with E-state index in [-0.39, 0.29) is 71.5 Å². The second-order valence-electron chi connectivity index (χ2n) is 15.5. The zero-order valence-corrected chi connectivity index (χ0v) is 44.0. The van der Waals surface area contributed by atoms with E-state index in [2.05, 4.69) is 50.2 Å². The van der Waals surface area contributed by atoms with Gasteiger partial charge in [0.2, 0.25) is 29.1 Å². The van der Waals surface area contributed by atoms with Crippen LogP contribution in [-0.4, -0.2) is 26.5 Å². The molecule has 0 amide bonds. The highest BCUT2D eigenvalue weighted by Gasteiger charge is 2.38. The topological polar surface area (TPSA) is 245 Å². The zero-order valence-electron chi connectivity index (χ0n) is 39.7. The lowest BCUT2D eigenvalue weighted by Gasteiger charge is -2.10. The molecule has 0 atom stereocenters. The van der Waals surface area contributed by atoms with Crippen LogP contribution in [0.5, 0.6) is 0 Å². The number of oxazole rings is 4. The predicted molar refractivity (Wildman–Crippen MR) is 280 cm³/mol. The van der Waals surface area contributed by atoms with Gasteiger partial charge in [-0.15, -0.1) is 0 Å². The Hall–Kier alpha value is -10.3. The van der Waals surface area contributed by atoms with E-state index in [9.17, 15) is 47.4 Å². The summed E-state index contributed by atoms with van der Waals surface area (Å²) < 4.78 is 105. The van der Waals surface area contributed by atoms with E-state index in [0.29, 0.717) is 39.6 Å². The van der Waals surface area contributed by atoms with Crippen molar-refractivity contribution in [1.82, 2.24) is 19.9 Å². The first kappa shape index (κ1) is 57.9. The van der Waals surface area contributed by atoms with Crippen LogP contribution in [0.4, 0.5) is 37.7 Å². The van der Waals surface area contributed by atoms with Gasteiger partial charge in [-0.3, -0.25) is 0 Å². The van der Waals surface area contributed by atoms with Crippen molar-refractivity contribution in [2.45, 2.75) is 38.3 Å². The monoisotopic (exact) mass is 1290 g/mol. The maximum atomic E-state index is 13.8. The summed E-state index contributed by atoms with van der Waals surface area (Å²) in [7, 11) is 0. The SMILES string of the molecule is [C-]#[N+]CC#N.[C-]#[N+]c1ccc(-c2nc(C(C#N)C#N)oc2-c2oc(C([N+]#[C-])[N+]#[C-])nc2-c2ccc(C#N)c(C)c2)cc1C(F)(F)F.[C-]#[N+]c1ccc(-c2nc(I)oc2-c2oc(I)nc2-c2ccc(C#N)c(C)c2)cc1C(F)(F)F. The van der Waals surface area contributed by atoms with Crippen LogP contribution in [0.2, 0.25) is 0 Å². The molecule has 4 aromatic heterocycles. The molecule has 0 saturated carbocycles. The lowest BCUT2D eigenvalue weighted by Crippen LogP contribution is -2.05. The molecule has 8 aromatic rings. The summed E-state index contributed by atoms with van der Waals surface area (Å²) in [5.41, 5.74) is -0.154. The van der Waals surface area contributed by atoms with Gasteiger partial charge in [0.05, 0.1) is 59.7 Å². The number of nitriles is 5. The lowest BCUT2D eigenvalue weighted by molar-refractivity contribution is -0.137. The lowest BCUT2D eigenvalue weighted by atomic mass is 10.0. The molecular formula is C53H22F6I2N14O4. The standard InChI is InChI=1S/C28H11F3N8O2.C22H9F3I2N4O2.C3H2N2/c1-14-9-15(5-6-17(14)11-32)21-24(41-27(39-21)25(36-3)37-4)23-22(38-26(40-23)18(12-33)13-34)16-7-8-20(35-2)19(10-16)28(29,30)31;1-10-7-11(3-4-13(10)9-28)16-18(32-20(26)30-16)19-17(31-21(27)33-19)12-5-6-15(29-2)14(8-12)22(23,24)25;1-5-3-2-4/h5-10,18,25H,1H3;3-8H,1H3;3H2. The Morgan fingerprint density at radius 3 is 1.23 bits per heavy atom. The average molecular weight is 1290 g/mol. The normalized spacial score (nSPS) is 10.6. The Kier molecular flexibility index (Phi) is 18.0. The predicted octanol–water partition coefficient (Wildman–Crippen LogP) is 15.4. The molecule has 26 heteroatoms. The fourth-order valence-electron chi connectivity index (χ4n) is 7.10.